The largest absolute Gasteiger partial charge is 0.383 e. The van der Waals surface area contributed by atoms with Gasteiger partial charge in [0.05, 0.1) is 23.9 Å². The normalized spacial score (nSPS) is 20.2. The third-order valence-corrected chi connectivity index (χ3v) is 6.40. The van der Waals surface area contributed by atoms with Crippen molar-refractivity contribution >= 4 is 27.5 Å². The molecule has 0 aromatic carbocycles. The number of aromatic nitrogens is 2. The lowest BCUT2D eigenvalue weighted by atomic mass is 10.2. The predicted molar refractivity (Wildman–Crippen MR) is 84.6 cm³/mol. The SMILES string of the molecule is COCCN(C(=O)CSc1nccn1C)[C@@H]1CCS(=O)(=O)C1. The van der Waals surface area contributed by atoms with Gasteiger partial charge in [-0.25, -0.2) is 13.4 Å². The third-order valence-electron chi connectivity index (χ3n) is 3.61. The van der Waals surface area contributed by atoms with Crippen LogP contribution in [0, 0.1) is 0 Å². The van der Waals surface area contributed by atoms with E-state index in [0.29, 0.717) is 19.6 Å². The second-order valence-corrected chi connectivity index (χ2v) is 8.42. The highest BCUT2D eigenvalue weighted by Crippen LogP contribution is 2.20. The number of aryl methyl sites for hydroxylation is 1. The molecule has 1 aliphatic heterocycles. The summed E-state index contributed by atoms with van der Waals surface area (Å²) in [6.45, 7) is 0.812. The Morgan fingerprint density at radius 1 is 1.59 bits per heavy atom. The van der Waals surface area contributed by atoms with Crippen LogP contribution in [-0.4, -0.2) is 72.3 Å². The second kappa shape index (κ2) is 7.47. The number of ether oxygens (including phenoxy) is 1. The van der Waals surface area contributed by atoms with Crippen LogP contribution in [0.4, 0.5) is 0 Å². The lowest BCUT2D eigenvalue weighted by molar-refractivity contribution is -0.130. The van der Waals surface area contributed by atoms with Crippen molar-refractivity contribution in [2.24, 2.45) is 7.05 Å². The summed E-state index contributed by atoms with van der Waals surface area (Å²) in [7, 11) is 0.411. The number of nitrogens with zero attached hydrogens (tertiary/aromatic N) is 3. The average molecular weight is 347 g/mol. The van der Waals surface area contributed by atoms with Crippen molar-refractivity contribution in [1.82, 2.24) is 14.5 Å². The van der Waals surface area contributed by atoms with Gasteiger partial charge < -0.3 is 14.2 Å². The van der Waals surface area contributed by atoms with Crippen LogP contribution in [0.3, 0.4) is 0 Å². The number of hydrogen-bond donors (Lipinski definition) is 0. The molecule has 0 bridgehead atoms. The van der Waals surface area contributed by atoms with E-state index in [1.165, 1.54) is 11.8 Å². The van der Waals surface area contributed by atoms with Crippen molar-refractivity contribution < 1.29 is 17.9 Å². The van der Waals surface area contributed by atoms with E-state index in [1.807, 2.05) is 17.8 Å². The summed E-state index contributed by atoms with van der Waals surface area (Å²) >= 11 is 1.35. The molecule has 1 amide bonds. The molecule has 7 nitrogen and oxygen atoms in total. The molecular weight excluding hydrogens is 326 g/mol. The first kappa shape index (κ1) is 17.3. The van der Waals surface area contributed by atoms with Gasteiger partial charge in [0.15, 0.2) is 15.0 Å². The molecule has 0 spiro atoms. The Kier molecular flexibility index (Phi) is 5.87. The Morgan fingerprint density at radius 3 is 2.91 bits per heavy atom. The van der Waals surface area contributed by atoms with Crippen molar-refractivity contribution in [3.8, 4) is 0 Å². The first-order valence-corrected chi connectivity index (χ1v) is 9.82. The van der Waals surface area contributed by atoms with Crippen LogP contribution in [0.5, 0.6) is 0 Å². The Morgan fingerprint density at radius 2 is 2.36 bits per heavy atom. The van der Waals surface area contributed by atoms with Crippen molar-refractivity contribution in [3.63, 3.8) is 0 Å². The van der Waals surface area contributed by atoms with Crippen LogP contribution in [0.1, 0.15) is 6.42 Å². The second-order valence-electron chi connectivity index (χ2n) is 5.25. The molecule has 0 aliphatic carbocycles. The van der Waals surface area contributed by atoms with Gasteiger partial charge in [0.1, 0.15) is 0 Å². The summed E-state index contributed by atoms with van der Waals surface area (Å²) in [5, 5.41) is 0.763. The Balaban J connectivity index is 1.98. The minimum atomic E-state index is -3.02. The first-order valence-electron chi connectivity index (χ1n) is 7.02. The molecule has 1 saturated heterocycles. The Labute approximate surface area is 134 Å². The number of hydrogen-bond acceptors (Lipinski definition) is 6. The maximum atomic E-state index is 12.5. The third kappa shape index (κ3) is 4.47. The number of rotatable bonds is 7. The highest BCUT2D eigenvalue weighted by molar-refractivity contribution is 7.99. The summed E-state index contributed by atoms with van der Waals surface area (Å²) in [5.74, 6) is 0.369. The molecule has 1 atom stereocenters. The van der Waals surface area contributed by atoms with E-state index in [0.717, 1.165) is 5.16 Å². The van der Waals surface area contributed by atoms with Crippen molar-refractivity contribution in [2.75, 3.05) is 37.5 Å². The molecule has 1 aromatic heterocycles. The van der Waals surface area contributed by atoms with Crippen LogP contribution in [0.15, 0.2) is 17.6 Å². The number of carbonyl (C=O) groups is 1. The number of amides is 1. The van der Waals surface area contributed by atoms with Crippen LogP contribution in [-0.2, 0) is 26.4 Å². The van der Waals surface area contributed by atoms with Gasteiger partial charge in [-0.05, 0) is 6.42 Å². The highest BCUT2D eigenvalue weighted by Gasteiger charge is 2.34. The summed E-state index contributed by atoms with van der Waals surface area (Å²) < 4.78 is 30.2. The van der Waals surface area contributed by atoms with Crippen molar-refractivity contribution in [1.29, 1.82) is 0 Å². The average Bonchev–Trinajstić information content (AvgIpc) is 3.03. The van der Waals surface area contributed by atoms with E-state index in [-0.39, 0.29) is 29.2 Å². The van der Waals surface area contributed by atoms with E-state index in [1.54, 1.807) is 18.2 Å². The van der Waals surface area contributed by atoms with E-state index >= 15 is 0 Å². The topological polar surface area (TPSA) is 81.5 Å². The number of sulfone groups is 1. The number of imidazole rings is 1. The molecule has 1 fully saturated rings. The Hall–Kier alpha value is -1.06. The molecule has 22 heavy (non-hydrogen) atoms. The molecule has 9 heteroatoms. The molecule has 0 unspecified atom stereocenters. The van der Waals surface area contributed by atoms with Crippen LogP contribution >= 0.6 is 11.8 Å². The van der Waals surface area contributed by atoms with Crippen LogP contribution < -0.4 is 0 Å². The molecule has 1 aromatic rings. The van der Waals surface area contributed by atoms with Gasteiger partial charge >= 0.3 is 0 Å². The zero-order valence-electron chi connectivity index (χ0n) is 12.8. The fourth-order valence-electron chi connectivity index (χ4n) is 2.42. The minimum absolute atomic E-state index is 0.0511. The molecular formula is C13H21N3O4S2. The molecule has 2 rings (SSSR count). The fourth-order valence-corrected chi connectivity index (χ4v) is 4.97. The zero-order valence-corrected chi connectivity index (χ0v) is 14.4. The van der Waals surface area contributed by atoms with Gasteiger partial charge in [-0.1, -0.05) is 11.8 Å². The van der Waals surface area contributed by atoms with Gasteiger partial charge in [-0.3, -0.25) is 4.79 Å². The monoisotopic (exact) mass is 347 g/mol. The van der Waals surface area contributed by atoms with Gasteiger partial charge in [0.25, 0.3) is 0 Å². The van der Waals surface area contributed by atoms with Gasteiger partial charge in [0.2, 0.25) is 5.91 Å². The fraction of sp³-hybridized carbons (Fsp3) is 0.692. The smallest absolute Gasteiger partial charge is 0.233 e. The summed E-state index contributed by atoms with van der Waals surface area (Å²) in [4.78, 5) is 18.3. The predicted octanol–water partition coefficient (Wildman–Crippen LogP) is 0.174. The maximum Gasteiger partial charge on any atom is 0.233 e. The van der Waals surface area contributed by atoms with Gasteiger partial charge in [-0.2, -0.15) is 0 Å². The van der Waals surface area contributed by atoms with E-state index in [2.05, 4.69) is 4.98 Å². The molecule has 1 aliphatic rings. The van der Waals surface area contributed by atoms with E-state index in [4.69, 9.17) is 4.74 Å². The molecule has 124 valence electrons. The quantitative estimate of drug-likeness (QED) is 0.654. The number of thioether (sulfide) groups is 1. The molecule has 0 N–H and O–H groups in total. The maximum absolute atomic E-state index is 12.5. The first-order chi connectivity index (χ1) is 10.4. The van der Waals surface area contributed by atoms with Gasteiger partial charge in [0, 0.05) is 39.1 Å². The van der Waals surface area contributed by atoms with Gasteiger partial charge in [-0.15, -0.1) is 0 Å². The summed E-state index contributed by atoms with van der Waals surface area (Å²) in [6.07, 6.45) is 4.00. The summed E-state index contributed by atoms with van der Waals surface area (Å²) in [6, 6.07) is -0.241. The van der Waals surface area contributed by atoms with Crippen molar-refractivity contribution in [2.45, 2.75) is 17.6 Å². The van der Waals surface area contributed by atoms with E-state index in [9.17, 15) is 13.2 Å². The molecule has 0 radical (unpaired) electrons. The number of carbonyl (C=O) groups excluding carboxylic acids is 1. The zero-order chi connectivity index (χ0) is 16.2. The van der Waals surface area contributed by atoms with E-state index < -0.39 is 9.84 Å². The van der Waals surface area contributed by atoms with Crippen LogP contribution in [0.25, 0.3) is 0 Å². The number of methoxy groups -OCH3 is 1. The van der Waals surface area contributed by atoms with Crippen molar-refractivity contribution in [3.05, 3.63) is 12.4 Å². The van der Waals surface area contributed by atoms with Crippen LogP contribution in [0.2, 0.25) is 0 Å². The lowest BCUT2D eigenvalue weighted by Gasteiger charge is -2.28. The summed E-state index contributed by atoms with van der Waals surface area (Å²) in [5.41, 5.74) is 0. The molecule has 0 saturated carbocycles. The highest BCUT2D eigenvalue weighted by atomic mass is 32.2. The Bertz CT molecular complexity index is 615. The minimum Gasteiger partial charge on any atom is -0.383 e. The lowest BCUT2D eigenvalue weighted by Crippen LogP contribution is -2.44. The standard InChI is InChI=1S/C13H21N3O4S2/c1-15-5-4-14-13(15)21-9-12(17)16(6-7-20-2)11-3-8-22(18,19)10-11/h4-5,11H,3,6-10H2,1-2H3/t11-/m1/s1. The molecule has 2 heterocycles.